The Morgan fingerprint density at radius 2 is 2.45 bits per heavy atom. The lowest BCUT2D eigenvalue weighted by Gasteiger charge is -1.83. The molecule has 0 radical (unpaired) electrons. The summed E-state index contributed by atoms with van der Waals surface area (Å²) in [5, 5.41) is 16.2. The standard InChI is InChI=1S/C6H7N3OS/c1-2-5-8-9-6(10-5)11-4-3-7/h2,4H2,1H3. The minimum atomic E-state index is 0.353. The number of aryl methyl sites for hydroxylation is 1. The molecule has 0 fully saturated rings. The van der Waals surface area contributed by atoms with Gasteiger partial charge in [0.15, 0.2) is 0 Å². The summed E-state index contributed by atoms with van der Waals surface area (Å²) in [6.07, 6.45) is 0.736. The second-order valence-electron chi connectivity index (χ2n) is 1.76. The molecule has 0 spiro atoms. The van der Waals surface area contributed by atoms with Crippen LogP contribution in [0.5, 0.6) is 0 Å². The average molecular weight is 169 g/mol. The third-order valence-corrected chi connectivity index (χ3v) is 1.70. The summed E-state index contributed by atoms with van der Waals surface area (Å²) in [6.45, 7) is 1.94. The maximum Gasteiger partial charge on any atom is 0.277 e. The van der Waals surface area contributed by atoms with E-state index in [9.17, 15) is 0 Å². The fraction of sp³-hybridized carbons (Fsp3) is 0.500. The highest BCUT2D eigenvalue weighted by molar-refractivity contribution is 7.99. The summed E-state index contributed by atoms with van der Waals surface area (Å²) >= 11 is 1.26. The molecule has 0 amide bonds. The van der Waals surface area contributed by atoms with Crippen LogP contribution in [-0.2, 0) is 6.42 Å². The van der Waals surface area contributed by atoms with E-state index in [1.807, 2.05) is 13.0 Å². The summed E-state index contributed by atoms with van der Waals surface area (Å²) in [4.78, 5) is 0. The van der Waals surface area contributed by atoms with E-state index in [1.165, 1.54) is 11.8 Å². The van der Waals surface area contributed by atoms with Crippen LogP contribution in [0.2, 0.25) is 0 Å². The first-order valence-electron chi connectivity index (χ1n) is 3.19. The highest BCUT2D eigenvalue weighted by Gasteiger charge is 2.02. The van der Waals surface area contributed by atoms with Crippen molar-refractivity contribution in [2.75, 3.05) is 5.75 Å². The number of rotatable bonds is 3. The lowest BCUT2D eigenvalue weighted by Crippen LogP contribution is -1.76. The molecule has 58 valence electrons. The predicted molar refractivity (Wildman–Crippen MR) is 40.0 cm³/mol. The van der Waals surface area contributed by atoms with Crippen LogP contribution in [-0.4, -0.2) is 16.0 Å². The van der Waals surface area contributed by atoms with E-state index in [4.69, 9.17) is 9.68 Å². The van der Waals surface area contributed by atoms with Gasteiger partial charge in [0.2, 0.25) is 5.89 Å². The van der Waals surface area contributed by atoms with Crippen LogP contribution < -0.4 is 0 Å². The molecule has 0 unspecified atom stereocenters. The van der Waals surface area contributed by atoms with Gasteiger partial charge in [0.25, 0.3) is 5.22 Å². The van der Waals surface area contributed by atoms with E-state index in [0.29, 0.717) is 16.9 Å². The molecule has 0 aromatic carbocycles. The Labute approximate surface area is 68.6 Å². The average Bonchev–Trinajstić information content (AvgIpc) is 2.48. The molecule has 0 aliphatic rings. The molecule has 0 bridgehead atoms. The van der Waals surface area contributed by atoms with Gasteiger partial charge >= 0.3 is 0 Å². The van der Waals surface area contributed by atoms with Gasteiger partial charge in [-0.1, -0.05) is 18.7 Å². The molecule has 0 saturated heterocycles. The van der Waals surface area contributed by atoms with Crippen molar-refractivity contribution in [3.05, 3.63) is 5.89 Å². The van der Waals surface area contributed by atoms with Gasteiger partial charge < -0.3 is 4.42 Å². The van der Waals surface area contributed by atoms with Crippen molar-refractivity contribution >= 4 is 11.8 Å². The fourth-order valence-corrected chi connectivity index (χ4v) is 0.975. The van der Waals surface area contributed by atoms with Gasteiger partial charge in [-0.3, -0.25) is 0 Å². The Morgan fingerprint density at radius 3 is 3.00 bits per heavy atom. The zero-order valence-electron chi connectivity index (χ0n) is 6.07. The number of nitrogens with zero attached hydrogens (tertiary/aromatic N) is 3. The molecule has 4 nitrogen and oxygen atoms in total. The topological polar surface area (TPSA) is 62.7 Å². The molecular formula is C6H7N3OS. The summed E-state index contributed by atoms with van der Waals surface area (Å²) in [6, 6.07) is 1.98. The fourth-order valence-electron chi connectivity index (χ4n) is 0.533. The lowest BCUT2D eigenvalue weighted by atomic mass is 10.5. The third-order valence-electron chi connectivity index (χ3n) is 1.01. The van der Waals surface area contributed by atoms with E-state index in [0.717, 1.165) is 6.42 Å². The van der Waals surface area contributed by atoms with E-state index < -0.39 is 0 Å². The van der Waals surface area contributed by atoms with Gasteiger partial charge in [-0.25, -0.2) is 0 Å². The maximum atomic E-state index is 8.23. The van der Waals surface area contributed by atoms with E-state index >= 15 is 0 Å². The van der Waals surface area contributed by atoms with Crippen LogP contribution in [0.4, 0.5) is 0 Å². The maximum absolute atomic E-state index is 8.23. The number of thioether (sulfide) groups is 1. The third kappa shape index (κ3) is 2.24. The van der Waals surface area contributed by atoms with Crippen molar-refractivity contribution in [3.63, 3.8) is 0 Å². The molecule has 1 aromatic heterocycles. The van der Waals surface area contributed by atoms with E-state index in [1.54, 1.807) is 0 Å². The molecule has 0 atom stereocenters. The Balaban J connectivity index is 2.53. The van der Waals surface area contributed by atoms with Gasteiger partial charge in [-0.15, -0.1) is 10.2 Å². The SMILES string of the molecule is CCc1nnc(SCC#N)o1. The van der Waals surface area contributed by atoms with Gasteiger partial charge in [-0.2, -0.15) is 5.26 Å². The molecule has 0 aliphatic carbocycles. The van der Waals surface area contributed by atoms with Crippen LogP contribution >= 0.6 is 11.8 Å². The first kappa shape index (κ1) is 8.08. The van der Waals surface area contributed by atoms with Crippen molar-refractivity contribution in [1.29, 1.82) is 5.26 Å². The van der Waals surface area contributed by atoms with Gasteiger partial charge in [-0.05, 0) is 0 Å². The van der Waals surface area contributed by atoms with Crippen molar-refractivity contribution in [2.45, 2.75) is 18.6 Å². The smallest absolute Gasteiger partial charge is 0.277 e. The van der Waals surface area contributed by atoms with E-state index in [-0.39, 0.29) is 0 Å². The summed E-state index contributed by atoms with van der Waals surface area (Å²) in [5.41, 5.74) is 0. The Hall–Kier alpha value is -1.02. The van der Waals surface area contributed by atoms with Gasteiger partial charge in [0, 0.05) is 6.42 Å². The van der Waals surface area contributed by atoms with Crippen LogP contribution in [0.15, 0.2) is 9.64 Å². The largest absolute Gasteiger partial charge is 0.416 e. The minimum absolute atomic E-state index is 0.353. The zero-order chi connectivity index (χ0) is 8.10. The van der Waals surface area contributed by atoms with E-state index in [2.05, 4.69) is 10.2 Å². The number of nitriles is 1. The monoisotopic (exact) mass is 169 g/mol. The predicted octanol–water partition coefficient (Wildman–Crippen LogP) is 1.25. The van der Waals surface area contributed by atoms with Crippen molar-refractivity contribution < 1.29 is 4.42 Å². The van der Waals surface area contributed by atoms with Crippen molar-refractivity contribution in [2.24, 2.45) is 0 Å². The molecule has 1 heterocycles. The minimum Gasteiger partial charge on any atom is -0.416 e. The van der Waals surface area contributed by atoms with Crippen LogP contribution in [0.3, 0.4) is 0 Å². The molecule has 1 rings (SSSR count). The molecule has 0 N–H and O–H groups in total. The van der Waals surface area contributed by atoms with Gasteiger partial charge in [0.1, 0.15) is 0 Å². The second-order valence-corrected chi connectivity index (χ2v) is 2.69. The second kappa shape index (κ2) is 3.98. The first-order chi connectivity index (χ1) is 5.36. The molecular weight excluding hydrogens is 162 g/mol. The van der Waals surface area contributed by atoms with Crippen LogP contribution in [0.25, 0.3) is 0 Å². The Morgan fingerprint density at radius 1 is 1.64 bits per heavy atom. The zero-order valence-corrected chi connectivity index (χ0v) is 6.89. The lowest BCUT2D eigenvalue weighted by molar-refractivity contribution is 0.417. The Bertz CT molecular complexity index is 265. The van der Waals surface area contributed by atoms with Crippen LogP contribution in [0.1, 0.15) is 12.8 Å². The van der Waals surface area contributed by atoms with Crippen LogP contribution in [0, 0.1) is 11.3 Å². The summed E-state index contributed by atoms with van der Waals surface area (Å²) < 4.78 is 5.12. The molecule has 0 aliphatic heterocycles. The highest BCUT2D eigenvalue weighted by atomic mass is 32.2. The summed E-state index contributed by atoms with van der Waals surface area (Å²) in [7, 11) is 0. The van der Waals surface area contributed by atoms with Gasteiger partial charge in [0.05, 0.1) is 11.8 Å². The highest BCUT2D eigenvalue weighted by Crippen LogP contribution is 2.14. The molecule has 11 heavy (non-hydrogen) atoms. The molecule has 1 aromatic rings. The normalized spacial score (nSPS) is 9.45. The number of hydrogen-bond donors (Lipinski definition) is 0. The van der Waals surface area contributed by atoms with Crippen molar-refractivity contribution in [1.82, 2.24) is 10.2 Å². The molecule has 5 heteroatoms. The quantitative estimate of drug-likeness (QED) is 0.637. The summed E-state index contributed by atoms with van der Waals surface area (Å²) in [5.74, 6) is 0.969. The van der Waals surface area contributed by atoms with Crippen molar-refractivity contribution in [3.8, 4) is 6.07 Å². The number of hydrogen-bond acceptors (Lipinski definition) is 5. The first-order valence-corrected chi connectivity index (χ1v) is 4.17. The molecule has 0 saturated carbocycles. The Kier molecular flexibility index (Phi) is 2.93. The number of aromatic nitrogens is 2.